The van der Waals surface area contributed by atoms with Crippen LogP contribution in [0.4, 0.5) is 11.4 Å². The van der Waals surface area contributed by atoms with Gasteiger partial charge in [0, 0.05) is 24.1 Å². The van der Waals surface area contributed by atoms with Crippen LogP contribution in [-0.2, 0) is 4.79 Å². The van der Waals surface area contributed by atoms with Gasteiger partial charge in [0.1, 0.15) is 11.8 Å². The lowest BCUT2D eigenvalue weighted by Gasteiger charge is -2.33. The predicted octanol–water partition coefficient (Wildman–Crippen LogP) is 2.86. The summed E-state index contributed by atoms with van der Waals surface area (Å²) in [6.07, 6.45) is 2.64. The van der Waals surface area contributed by atoms with Crippen molar-refractivity contribution in [1.29, 1.82) is 0 Å². The first-order chi connectivity index (χ1) is 13.2. The van der Waals surface area contributed by atoms with Gasteiger partial charge in [-0.1, -0.05) is 18.2 Å². The Hall–Kier alpha value is -3.02. The third-order valence-corrected chi connectivity index (χ3v) is 5.65. The van der Waals surface area contributed by atoms with E-state index in [9.17, 15) is 9.59 Å². The van der Waals surface area contributed by atoms with Gasteiger partial charge in [0.25, 0.3) is 5.91 Å². The lowest BCUT2D eigenvalue weighted by atomic mass is 10.00. The smallest absolute Gasteiger partial charge is 0.251 e. The van der Waals surface area contributed by atoms with Gasteiger partial charge in [0.15, 0.2) is 0 Å². The van der Waals surface area contributed by atoms with Crippen molar-refractivity contribution in [2.75, 3.05) is 23.4 Å². The van der Waals surface area contributed by atoms with Crippen molar-refractivity contribution in [2.24, 2.45) is 0 Å². The number of para-hydroxylation sites is 1. The molecule has 5 rings (SSSR count). The van der Waals surface area contributed by atoms with Gasteiger partial charge in [0.2, 0.25) is 5.91 Å². The quantitative estimate of drug-likeness (QED) is 0.861. The second-order valence-corrected chi connectivity index (χ2v) is 7.27. The number of carbonyl (C=O) groups is 2. The number of hydrogen-bond donors (Lipinski definition) is 2. The van der Waals surface area contributed by atoms with Gasteiger partial charge in [-0.25, -0.2) is 0 Å². The highest BCUT2D eigenvalue weighted by atomic mass is 16.5. The van der Waals surface area contributed by atoms with Crippen LogP contribution in [0.15, 0.2) is 42.5 Å². The number of carbonyl (C=O) groups excluding carboxylic acids is 2. The molecule has 0 unspecified atom stereocenters. The standard InChI is InChI=1S/C21H21N3O3/c25-20(22-15-9-11-27-19-6-2-1-4-14(15)19)13-7-8-17-16(12-13)23-21(26)18-5-3-10-24(17)18/h1-2,4,6-8,12,15,18H,3,5,9-11H2,(H,22,25)(H,23,26)/t15-,18+/m0/s1. The minimum absolute atomic E-state index is 0.0240. The minimum Gasteiger partial charge on any atom is -0.493 e. The summed E-state index contributed by atoms with van der Waals surface area (Å²) < 4.78 is 5.66. The van der Waals surface area contributed by atoms with Crippen LogP contribution in [-0.4, -0.2) is 31.0 Å². The average Bonchev–Trinajstić information content (AvgIpc) is 3.19. The normalized spacial score (nSPS) is 22.8. The highest BCUT2D eigenvalue weighted by Crippen LogP contribution is 2.37. The zero-order chi connectivity index (χ0) is 18.4. The molecule has 2 aromatic carbocycles. The lowest BCUT2D eigenvalue weighted by Crippen LogP contribution is -2.44. The molecule has 0 radical (unpaired) electrons. The van der Waals surface area contributed by atoms with Gasteiger partial charge in [-0.2, -0.15) is 0 Å². The molecular weight excluding hydrogens is 342 g/mol. The molecule has 2 atom stereocenters. The molecule has 0 spiro atoms. The zero-order valence-electron chi connectivity index (χ0n) is 14.9. The monoisotopic (exact) mass is 363 g/mol. The summed E-state index contributed by atoms with van der Waals surface area (Å²) in [5.74, 6) is 0.708. The van der Waals surface area contributed by atoms with Crippen molar-refractivity contribution in [2.45, 2.75) is 31.3 Å². The largest absolute Gasteiger partial charge is 0.493 e. The second kappa shape index (κ2) is 6.30. The van der Waals surface area contributed by atoms with Crippen LogP contribution >= 0.6 is 0 Å². The topological polar surface area (TPSA) is 70.7 Å². The zero-order valence-corrected chi connectivity index (χ0v) is 14.9. The summed E-state index contributed by atoms with van der Waals surface area (Å²) in [7, 11) is 0. The molecule has 0 bridgehead atoms. The van der Waals surface area contributed by atoms with Gasteiger partial charge in [-0.3, -0.25) is 9.59 Å². The molecule has 3 aliphatic rings. The molecule has 3 heterocycles. The average molecular weight is 363 g/mol. The molecule has 6 heteroatoms. The molecule has 138 valence electrons. The van der Waals surface area contributed by atoms with Crippen LogP contribution in [0.1, 0.15) is 41.2 Å². The molecule has 0 saturated carbocycles. The number of nitrogens with one attached hydrogen (secondary N) is 2. The van der Waals surface area contributed by atoms with E-state index in [2.05, 4.69) is 15.5 Å². The summed E-state index contributed by atoms with van der Waals surface area (Å²) >= 11 is 0. The first-order valence-corrected chi connectivity index (χ1v) is 9.45. The third-order valence-electron chi connectivity index (χ3n) is 5.65. The predicted molar refractivity (Wildman–Crippen MR) is 102 cm³/mol. The van der Waals surface area contributed by atoms with Gasteiger partial charge < -0.3 is 20.3 Å². The number of nitrogens with zero attached hydrogens (tertiary/aromatic N) is 1. The maximum absolute atomic E-state index is 12.8. The van der Waals surface area contributed by atoms with Crippen molar-refractivity contribution in [3.63, 3.8) is 0 Å². The molecule has 1 saturated heterocycles. The van der Waals surface area contributed by atoms with E-state index in [0.717, 1.165) is 48.5 Å². The maximum atomic E-state index is 12.8. The summed E-state index contributed by atoms with van der Waals surface area (Å²) in [4.78, 5) is 27.3. The Morgan fingerprint density at radius 1 is 1.19 bits per heavy atom. The van der Waals surface area contributed by atoms with Crippen molar-refractivity contribution in [3.8, 4) is 5.75 Å². The number of hydrogen-bond acceptors (Lipinski definition) is 4. The second-order valence-electron chi connectivity index (χ2n) is 7.27. The molecule has 2 aromatic rings. The first kappa shape index (κ1) is 16.2. The molecule has 3 aliphatic heterocycles. The van der Waals surface area contributed by atoms with Crippen molar-refractivity contribution in [1.82, 2.24) is 5.32 Å². The van der Waals surface area contributed by atoms with Crippen LogP contribution in [0.25, 0.3) is 0 Å². The van der Waals surface area contributed by atoms with E-state index in [1.165, 1.54) is 0 Å². The van der Waals surface area contributed by atoms with Crippen LogP contribution in [0.5, 0.6) is 5.75 Å². The molecule has 6 nitrogen and oxygen atoms in total. The molecule has 0 aromatic heterocycles. The van der Waals surface area contributed by atoms with Crippen molar-refractivity contribution in [3.05, 3.63) is 53.6 Å². The van der Waals surface area contributed by atoms with Crippen molar-refractivity contribution < 1.29 is 14.3 Å². The fraction of sp³-hybridized carbons (Fsp3) is 0.333. The van der Waals surface area contributed by atoms with E-state index >= 15 is 0 Å². The lowest BCUT2D eigenvalue weighted by molar-refractivity contribution is -0.117. The summed E-state index contributed by atoms with van der Waals surface area (Å²) in [6, 6.07) is 13.2. The molecular formula is C21H21N3O3. The molecule has 2 N–H and O–H groups in total. The van der Waals surface area contributed by atoms with E-state index in [-0.39, 0.29) is 23.9 Å². The summed E-state index contributed by atoms with van der Waals surface area (Å²) in [6.45, 7) is 1.47. The van der Waals surface area contributed by atoms with E-state index < -0.39 is 0 Å². The highest BCUT2D eigenvalue weighted by molar-refractivity contribution is 6.06. The fourth-order valence-electron chi connectivity index (χ4n) is 4.31. The van der Waals surface area contributed by atoms with Gasteiger partial charge in [-0.05, 0) is 37.1 Å². The van der Waals surface area contributed by atoms with E-state index in [1.54, 1.807) is 6.07 Å². The Labute approximate surface area is 157 Å². The Morgan fingerprint density at radius 2 is 2.07 bits per heavy atom. The van der Waals surface area contributed by atoms with Gasteiger partial charge in [-0.15, -0.1) is 0 Å². The Bertz CT molecular complexity index is 927. The number of ether oxygens (including phenoxy) is 1. The highest BCUT2D eigenvalue weighted by Gasteiger charge is 2.36. The van der Waals surface area contributed by atoms with Gasteiger partial charge in [0.05, 0.1) is 24.0 Å². The van der Waals surface area contributed by atoms with E-state index in [1.807, 2.05) is 36.4 Å². The fourth-order valence-corrected chi connectivity index (χ4v) is 4.31. The van der Waals surface area contributed by atoms with E-state index in [4.69, 9.17) is 4.74 Å². The van der Waals surface area contributed by atoms with Crippen LogP contribution in [0.2, 0.25) is 0 Å². The first-order valence-electron chi connectivity index (χ1n) is 9.45. The Morgan fingerprint density at radius 3 is 3.00 bits per heavy atom. The van der Waals surface area contributed by atoms with Crippen LogP contribution in [0.3, 0.4) is 0 Å². The van der Waals surface area contributed by atoms with Crippen LogP contribution in [0, 0.1) is 0 Å². The number of amides is 2. The number of rotatable bonds is 2. The number of benzene rings is 2. The minimum atomic E-state index is -0.141. The number of fused-ring (bicyclic) bond motifs is 4. The molecule has 27 heavy (non-hydrogen) atoms. The number of anilines is 2. The molecule has 1 fully saturated rings. The third kappa shape index (κ3) is 2.72. The molecule has 0 aliphatic carbocycles. The maximum Gasteiger partial charge on any atom is 0.251 e. The van der Waals surface area contributed by atoms with E-state index in [0.29, 0.717) is 12.2 Å². The Kier molecular flexibility index (Phi) is 3.77. The van der Waals surface area contributed by atoms with Crippen molar-refractivity contribution >= 4 is 23.2 Å². The Balaban J connectivity index is 1.39. The van der Waals surface area contributed by atoms with Gasteiger partial charge >= 0.3 is 0 Å². The van der Waals surface area contributed by atoms with Crippen LogP contribution < -0.4 is 20.3 Å². The summed E-state index contributed by atoms with van der Waals surface area (Å²) in [5, 5.41) is 6.08. The molecule has 2 amide bonds. The SMILES string of the molecule is O=C(N[C@H]1CCOc2ccccc21)c1ccc2c(c1)NC(=O)[C@H]1CCCN21. The summed E-state index contributed by atoms with van der Waals surface area (Å²) in [5.41, 5.74) is 3.28.